The molecule has 1 aromatic carbocycles. The standard InChI is InChI=1S/C15H22O2/c1-11-8-9-14(12(2)16)15(10-11)17-13-6-4-3-5-7-13/h8-10,12-13,16H,3-7H2,1-2H3/t12-/m0/s1. The summed E-state index contributed by atoms with van der Waals surface area (Å²) in [7, 11) is 0. The van der Waals surface area contributed by atoms with Crippen LogP contribution in [-0.4, -0.2) is 11.2 Å². The van der Waals surface area contributed by atoms with Crippen molar-refractivity contribution in [1.82, 2.24) is 0 Å². The Labute approximate surface area is 104 Å². The Morgan fingerprint density at radius 1 is 1.24 bits per heavy atom. The molecule has 0 aliphatic heterocycles. The Bertz CT molecular complexity index is 365. The molecule has 1 fully saturated rings. The Morgan fingerprint density at radius 2 is 1.94 bits per heavy atom. The second-order valence-electron chi connectivity index (χ2n) is 5.10. The molecule has 0 spiro atoms. The van der Waals surface area contributed by atoms with Gasteiger partial charge in [0.2, 0.25) is 0 Å². The lowest BCUT2D eigenvalue weighted by molar-refractivity contribution is 0.142. The molecule has 0 aromatic heterocycles. The highest BCUT2D eigenvalue weighted by Gasteiger charge is 2.17. The van der Waals surface area contributed by atoms with Gasteiger partial charge in [-0.3, -0.25) is 0 Å². The molecule has 94 valence electrons. The summed E-state index contributed by atoms with van der Waals surface area (Å²) in [4.78, 5) is 0. The molecule has 1 N–H and O–H groups in total. The van der Waals surface area contributed by atoms with Crippen molar-refractivity contribution < 1.29 is 9.84 Å². The fourth-order valence-electron chi connectivity index (χ4n) is 2.45. The molecule has 0 unspecified atom stereocenters. The molecule has 1 aromatic rings. The highest BCUT2D eigenvalue weighted by molar-refractivity contribution is 5.38. The molecule has 2 heteroatoms. The van der Waals surface area contributed by atoms with Gasteiger partial charge in [0.05, 0.1) is 12.2 Å². The van der Waals surface area contributed by atoms with Crippen molar-refractivity contribution >= 4 is 0 Å². The number of hydrogen-bond donors (Lipinski definition) is 1. The van der Waals surface area contributed by atoms with E-state index in [1.54, 1.807) is 6.92 Å². The number of rotatable bonds is 3. The third-order valence-electron chi connectivity index (χ3n) is 3.46. The van der Waals surface area contributed by atoms with Crippen molar-refractivity contribution in [1.29, 1.82) is 0 Å². The molecule has 0 radical (unpaired) electrons. The second kappa shape index (κ2) is 5.54. The number of aliphatic hydroxyl groups is 1. The van der Waals surface area contributed by atoms with Gasteiger partial charge in [-0.1, -0.05) is 18.6 Å². The summed E-state index contributed by atoms with van der Waals surface area (Å²) in [6, 6.07) is 6.03. The molecule has 17 heavy (non-hydrogen) atoms. The van der Waals surface area contributed by atoms with Gasteiger partial charge in [-0.25, -0.2) is 0 Å². The van der Waals surface area contributed by atoms with Crippen LogP contribution in [-0.2, 0) is 0 Å². The van der Waals surface area contributed by atoms with Crippen LogP contribution in [0.5, 0.6) is 5.75 Å². The van der Waals surface area contributed by atoms with Gasteiger partial charge >= 0.3 is 0 Å². The van der Waals surface area contributed by atoms with Crippen molar-refractivity contribution in [3.8, 4) is 5.75 Å². The van der Waals surface area contributed by atoms with Crippen LogP contribution < -0.4 is 4.74 Å². The summed E-state index contributed by atoms with van der Waals surface area (Å²) in [5.41, 5.74) is 2.08. The predicted molar refractivity (Wildman–Crippen MR) is 69.3 cm³/mol. The lowest BCUT2D eigenvalue weighted by Gasteiger charge is -2.25. The smallest absolute Gasteiger partial charge is 0.125 e. The first-order valence-electron chi connectivity index (χ1n) is 6.62. The van der Waals surface area contributed by atoms with Crippen LogP contribution in [0.3, 0.4) is 0 Å². The maximum absolute atomic E-state index is 9.74. The van der Waals surface area contributed by atoms with Gasteiger partial charge in [-0.05, 0) is 51.2 Å². The van der Waals surface area contributed by atoms with Gasteiger partial charge in [0.25, 0.3) is 0 Å². The Hall–Kier alpha value is -1.02. The molecule has 1 aliphatic rings. The van der Waals surface area contributed by atoms with E-state index in [9.17, 15) is 5.11 Å². The fourth-order valence-corrected chi connectivity index (χ4v) is 2.45. The summed E-state index contributed by atoms with van der Waals surface area (Å²) in [5.74, 6) is 0.868. The summed E-state index contributed by atoms with van der Waals surface area (Å²) in [6.07, 6.45) is 6.02. The van der Waals surface area contributed by atoms with Gasteiger partial charge in [0, 0.05) is 5.56 Å². The van der Waals surface area contributed by atoms with Gasteiger partial charge < -0.3 is 9.84 Å². The van der Waals surface area contributed by atoms with Gasteiger partial charge in [0.1, 0.15) is 5.75 Å². The van der Waals surface area contributed by atoms with E-state index in [0.717, 1.165) is 24.2 Å². The lowest BCUT2D eigenvalue weighted by Crippen LogP contribution is -2.20. The number of benzene rings is 1. The van der Waals surface area contributed by atoms with Gasteiger partial charge in [0.15, 0.2) is 0 Å². The Balaban J connectivity index is 2.14. The van der Waals surface area contributed by atoms with E-state index in [1.165, 1.54) is 24.8 Å². The summed E-state index contributed by atoms with van der Waals surface area (Å²) >= 11 is 0. The van der Waals surface area contributed by atoms with Crippen LogP contribution in [0.4, 0.5) is 0 Å². The van der Waals surface area contributed by atoms with Crippen LogP contribution in [0, 0.1) is 6.92 Å². The van der Waals surface area contributed by atoms with Crippen molar-refractivity contribution in [3.05, 3.63) is 29.3 Å². The number of aryl methyl sites for hydroxylation is 1. The van der Waals surface area contributed by atoms with E-state index in [1.807, 2.05) is 18.2 Å². The normalized spacial score (nSPS) is 19.0. The number of hydrogen-bond acceptors (Lipinski definition) is 2. The molecule has 0 heterocycles. The largest absolute Gasteiger partial charge is 0.490 e. The van der Waals surface area contributed by atoms with E-state index < -0.39 is 6.10 Å². The number of ether oxygens (including phenoxy) is 1. The first-order valence-corrected chi connectivity index (χ1v) is 6.62. The van der Waals surface area contributed by atoms with Crippen LogP contribution in [0.15, 0.2) is 18.2 Å². The van der Waals surface area contributed by atoms with Crippen LogP contribution in [0.25, 0.3) is 0 Å². The van der Waals surface area contributed by atoms with Crippen molar-refractivity contribution in [2.75, 3.05) is 0 Å². The molecule has 0 saturated heterocycles. The SMILES string of the molecule is Cc1ccc([C@H](C)O)c(OC2CCCCC2)c1. The predicted octanol–water partition coefficient (Wildman–Crippen LogP) is 3.76. The minimum Gasteiger partial charge on any atom is -0.490 e. The summed E-state index contributed by atoms with van der Waals surface area (Å²) < 4.78 is 6.07. The van der Waals surface area contributed by atoms with Crippen LogP contribution in [0.1, 0.15) is 56.3 Å². The monoisotopic (exact) mass is 234 g/mol. The minimum atomic E-state index is -0.464. The molecule has 2 rings (SSSR count). The highest BCUT2D eigenvalue weighted by atomic mass is 16.5. The topological polar surface area (TPSA) is 29.5 Å². The lowest BCUT2D eigenvalue weighted by atomic mass is 9.97. The van der Waals surface area contributed by atoms with Gasteiger partial charge in [-0.2, -0.15) is 0 Å². The van der Waals surface area contributed by atoms with Crippen molar-refractivity contribution in [3.63, 3.8) is 0 Å². The van der Waals surface area contributed by atoms with E-state index in [-0.39, 0.29) is 0 Å². The Morgan fingerprint density at radius 3 is 2.59 bits per heavy atom. The molecule has 1 atom stereocenters. The van der Waals surface area contributed by atoms with Gasteiger partial charge in [-0.15, -0.1) is 0 Å². The minimum absolute atomic E-state index is 0.336. The quantitative estimate of drug-likeness (QED) is 0.863. The average Bonchev–Trinajstić information content (AvgIpc) is 2.30. The molecular weight excluding hydrogens is 212 g/mol. The van der Waals surface area contributed by atoms with E-state index in [2.05, 4.69) is 6.92 Å². The van der Waals surface area contributed by atoms with E-state index in [0.29, 0.717) is 6.10 Å². The third kappa shape index (κ3) is 3.22. The second-order valence-corrected chi connectivity index (χ2v) is 5.10. The first-order chi connectivity index (χ1) is 8.16. The maximum atomic E-state index is 9.74. The van der Waals surface area contributed by atoms with E-state index in [4.69, 9.17) is 4.74 Å². The first kappa shape index (κ1) is 12.4. The third-order valence-corrected chi connectivity index (χ3v) is 3.46. The zero-order valence-corrected chi connectivity index (χ0v) is 10.8. The number of aliphatic hydroxyl groups excluding tert-OH is 1. The highest BCUT2D eigenvalue weighted by Crippen LogP contribution is 2.30. The van der Waals surface area contributed by atoms with Crippen LogP contribution >= 0.6 is 0 Å². The molecule has 2 nitrogen and oxygen atoms in total. The molecular formula is C15H22O2. The van der Waals surface area contributed by atoms with Crippen LogP contribution in [0.2, 0.25) is 0 Å². The molecule has 0 amide bonds. The maximum Gasteiger partial charge on any atom is 0.125 e. The van der Waals surface area contributed by atoms with E-state index >= 15 is 0 Å². The summed E-state index contributed by atoms with van der Waals surface area (Å²) in [5, 5.41) is 9.74. The Kier molecular flexibility index (Phi) is 4.06. The summed E-state index contributed by atoms with van der Waals surface area (Å²) in [6.45, 7) is 3.85. The average molecular weight is 234 g/mol. The fraction of sp³-hybridized carbons (Fsp3) is 0.600. The molecule has 1 aliphatic carbocycles. The van der Waals surface area contributed by atoms with Crippen molar-refractivity contribution in [2.24, 2.45) is 0 Å². The zero-order chi connectivity index (χ0) is 12.3. The molecule has 0 bridgehead atoms. The zero-order valence-electron chi connectivity index (χ0n) is 10.8. The van der Waals surface area contributed by atoms with Crippen molar-refractivity contribution in [2.45, 2.75) is 58.2 Å². The molecule has 1 saturated carbocycles.